The number of piperidine rings is 1. The number of nitrogens with zero attached hydrogens (tertiary/aromatic N) is 1. The molecule has 1 amide bonds. The Kier molecular flexibility index (Phi) is 9.59. The minimum absolute atomic E-state index is 0.243. The highest BCUT2D eigenvalue weighted by atomic mass is 16.6. The molecule has 1 aromatic carbocycles. The molecule has 0 spiro atoms. The molecular formula is C23H37N3O3. The summed E-state index contributed by atoms with van der Waals surface area (Å²) in [4.78, 5) is 14.2. The highest BCUT2D eigenvalue weighted by Crippen LogP contribution is 2.30. The summed E-state index contributed by atoms with van der Waals surface area (Å²) in [6.45, 7) is 12.8. The lowest BCUT2D eigenvalue weighted by Gasteiger charge is -2.34. The van der Waals surface area contributed by atoms with E-state index >= 15 is 0 Å². The van der Waals surface area contributed by atoms with Crippen LogP contribution in [0.5, 0.6) is 5.75 Å². The van der Waals surface area contributed by atoms with E-state index in [0.29, 0.717) is 23.8 Å². The van der Waals surface area contributed by atoms with E-state index in [-0.39, 0.29) is 12.0 Å². The number of carbonyl (C=O) groups is 1. The maximum atomic E-state index is 12.4. The summed E-state index contributed by atoms with van der Waals surface area (Å²) in [6.07, 6.45) is 4.77. The van der Waals surface area contributed by atoms with Crippen molar-refractivity contribution in [3.05, 3.63) is 53.6 Å². The molecule has 1 atom stereocenters. The largest absolute Gasteiger partial charge is 0.456 e. The summed E-state index contributed by atoms with van der Waals surface area (Å²) in [6, 6.07) is 7.88. The monoisotopic (exact) mass is 403 g/mol. The van der Waals surface area contributed by atoms with E-state index in [4.69, 9.17) is 20.9 Å². The quantitative estimate of drug-likeness (QED) is 0.553. The van der Waals surface area contributed by atoms with Gasteiger partial charge < -0.3 is 25.8 Å². The number of allylic oxidation sites excluding steroid dienone is 2. The first kappa shape index (κ1) is 24.4. The van der Waals surface area contributed by atoms with Crippen molar-refractivity contribution in [1.29, 1.82) is 0 Å². The second-order valence-electron chi connectivity index (χ2n) is 7.90. The molecule has 1 aliphatic rings. The van der Waals surface area contributed by atoms with Gasteiger partial charge in [-0.05, 0) is 58.2 Å². The van der Waals surface area contributed by atoms with Crippen molar-refractivity contribution in [3.63, 3.8) is 0 Å². The zero-order valence-corrected chi connectivity index (χ0v) is 18.7. The lowest BCUT2D eigenvalue weighted by Crippen LogP contribution is -2.42. The van der Waals surface area contributed by atoms with Crippen molar-refractivity contribution in [2.45, 2.75) is 65.9 Å². The van der Waals surface area contributed by atoms with Crippen molar-refractivity contribution >= 4 is 6.09 Å². The van der Waals surface area contributed by atoms with Crippen LogP contribution in [-0.4, -0.2) is 29.7 Å². The highest BCUT2D eigenvalue weighted by molar-refractivity contribution is 5.68. The fraction of sp³-hybridized carbons (Fsp3) is 0.522. The van der Waals surface area contributed by atoms with Gasteiger partial charge in [-0.1, -0.05) is 26.0 Å². The molecule has 162 valence electrons. The molecule has 1 unspecified atom stereocenters. The minimum Gasteiger partial charge on any atom is -0.456 e. The summed E-state index contributed by atoms with van der Waals surface area (Å²) in [5.41, 5.74) is 12.6. The van der Waals surface area contributed by atoms with Gasteiger partial charge in [0.25, 0.3) is 0 Å². The molecule has 0 aromatic heterocycles. The van der Waals surface area contributed by atoms with E-state index in [2.05, 4.69) is 6.07 Å². The number of hydrogen-bond acceptors (Lipinski definition) is 5. The van der Waals surface area contributed by atoms with E-state index in [1.54, 1.807) is 17.9 Å². The summed E-state index contributed by atoms with van der Waals surface area (Å²) in [7, 11) is 0. The normalized spacial score (nSPS) is 17.9. The summed E-state index contributed by atoms with van der Waals surface area (Å²) < 4.78 is 11.3. The number of hydrogen-bond donors (Lipinski definition) is 2. The number of likely N-dealkylation sites (tertiary alicyclic amines) is 1. The molecule has 0 aliphatic carbocycles. The fourth-order valence-electron chi connectivity index (χ4n) is 3.05. The molecule has 0 bridgehead atoms. The Bertz CT molecular complexity index is 716. The van der Waals surface area contributed by atoms with Crippen LogP contribution < -0.4 is 16.2 Å². The van der Waals surface area contributed by atoms with Crippen LogP contribution in [0.3, 0.4) is 0 Å². The molecule has 1 aliphatic heterocycles. The summed E-state index contributed by atoms with van der Waals surface area (Å²) in [5.74, 6) is 1.43. The first-order valence-electron chi connectivity index (χ1n) is 10.3. The van der Waals surface area contributed by atoms with Gasteiger partial charge in [0.1, 0.15) is 17.1 Å². The molecule has 0 radical (unpaired) electrons. The Morgan fingerprint density at radius 1 is 1.28 bits per heavy atom. The first-order chi connectivity index (χ1) is 13.7. The van der Waals surface area contributed by atoms with Crippen LogP contribution in [0.1, 0.15) is 65.9 Å². The van der Waals surface area contributed by atoms with Gasteiger partial charge in [-0.2, -0.15) is 0 Å². The first-order valence-corrected chi connectivity index (χ1v) is 10.3. The Labute approximate surface area is 175 Å². The SMILES string of the molecule is C/C(N)=C/C(=C\N)Oc1cccc(C2CCCN(C(=O)OC(C)(C)C)C2)c1.CC. The third kappa shape index (κ3) is 8.50. The maximum absolute atomic E-state index is 12.4. The minimum atomic E-state index is -0.489. The lowest BCUT2D eigenvalue weighted by molar-refractivity contribution is 0.0198. The average molecular weight is 404 g/mol. The third-order valence-corrected chi connectivity index (χ3v) is 4.17. The van der Waals surface area contributed by atoms with Crippen molar-refractivity contribution in [1.82, 2.24) is 4.90 Å². The maximum Gasteiger partial charge on any atom is 0.410 e. The topological polar surface area (TPSA) is 90.8 Å². The van der Waals surface area contributed by atoms with Crippen LogP contribution in [0.4, 0.5) is 4.79 Å². The van der Waals surface area contributed by atoms with Gasteiger partial charge in [0, 0.05) is 37.0 Å². The molecular weight excluding hydrogens is 366 g/mol. The van der Waals surface area contributed by atoms with Gasteiger partial charge in [-0.3, -0.25) is 0 Å². The lowest BCUT2D eigenvalue weighted by atomic mass is 9.90. The van der Waals surface area contributed by atoms with E-state index in [0.717, 1.165) is 24.9 Å². The van der Waals surface area contributed by atoms with Crippen molar-refractivity contribution in [2.75, 3.05) is 13.1 Å². The van der Waals surface area contributed by atoms with Crippen LogP contribution in [0, 0.1) is 0 Å². The zero-order valence-electron chi connectivity index (χ0n) is 18.7. The average Bonchev–Trinajstić information content (AvgIpc) is 2.67. The smallest absolute Gasteiger partial charge is 0.410 e. The van der Waals surface area contributed by atoms with Crippen molar-refractivity contribution < 1.29 is 14.3 Å². The highest BCUT2D eigenvalue weighted by Gasteiger charge is 2.28. The Balaban J connectivity index is 0.00000204. The Morgan fingerprint density at radius 2 is 1.97 bits per heavy atom. The van der Waals surface area contributed by atoms with Crippen LogP contribution in [-0.2, 0) is 4.74 Å². The number of carbonyl (C=O) groups excluding carboxylic acids is 1. The second-order valence-corrected chi connectivity index (χ2v) is 7.90. The standard InChI is InChI=1S/C21H31N3O3.C2H6/c1-15(23)11-19(13-22)26-18-9-5-7-16(12-18)17-8-6-10-24(14-17)20(25)27-21(2,3)4;1-2/h5,7,9,11-13,17H,6,8,10,14,22-23H2,1-4H3;1-2H3/b15-11-,19-13+;. The van der Waals surface area contributed by atoms with E-state index in [9.17, 15) is 4.79 Å². The van der Waals surface area contributed by atoms with Crippen molar-refractivity contribution in [3.8, 4) is 5.75 Å². The predicted molar refractivity (Wildman–Crippen MR) is 118 cm³/mol. The van der Waals surface area contributed by atoms with E-state index < -0.39 is 5.60 Å². The summed E-state index contributed by atoms with van der Waals surface area (Å²) in [5, 5.41) is 0. The number of amides is 1. The van der Waals surface area contributed by atoms with Crippen LogP contribution in [0.25, 0.3) is 0 Å². The molecule has 0 saturated carbocycles. The molecule has 1 heterocycles. The van der Waals surface area contributed by atoms with Crippen LogP contribution in [0.2, 0.25) is 0 Å². The fourth-order valence-corrected chi connectivity index (χ4v) is 3.05. The zero-order chi connectivity index (χ0) is 22.0. The number of rotatable bonds is 4. The second kappa shape index (κ2) is 11.4. The van der Waals surface area contributed by atoms with E-state index in [1.807, 2.05) is 52.8 Å². The van der Waals surface area contributed by atoms with Crippen molar-refractivity contribution in [2.24, 2.45) is 11.5 Å². The van der Waals surface area contributed by atoms with Gasteiger partial charge in [0.2, 0.25) is 0 Å². The predicted octanol–water partition coefficient (Wildman–Crippen LogP) is 4.87. The molecule has 1 fully saturated rings. The van der Waals surface area contributed by atoms with Crippen LogP contribution >= 0.6 is 0 Å². The molecule has 6 heteroatoms. The Morgan fingerprint density at radius 3 is 2.55 bits per heavy atom. The van der Waals surface area contributed by atoms with Gasteiger partial charge in [0.05, 0.1) is 0 Å². The van der Waals surface area contributed by atoms with Gasteiger partial charge in [0.15, 0.2) is 0 Å². The van der Waals surface area contributed by atoms with Gasteiger partial charge >= 0.3 is 6.09 Å². The Hall–Kier alpha value is -2.63. The summed E-state index contributed by atoms with van der Waals surface area (Å²) >= 11 is 0. The third-order valence-electron chi connectivity index (χ3n) is 4.17. The molecule has 1 saturated heterocycles. The van der Waals surface area contributed by atoms with Crippen LogP contribution in [0.15, 0.2) is 48.0 Å². The number of nitrogens with two attached hydrogens (primary N) is 2. The molecule has 2 rings (SSSR count). The molecule has 1 aromatic rings. The molecule has 6 nitrogen and oxygen atoms in total. The molecule has 4 N–H and O–H groups in total. The number of ether oxygens (including phenoxy) is 2. The van der Waals surface area contributed by atoms with Gasteiger partial charge in [-0.15, -0.1) is 0 Å². The van der Waals surface area contributed by atoms with Gasteiger partial charge in [-0.25, -0.2) is 4.79 Å². The number of benzene rings is 1. The molecule has 29 heavy (non-hydrogen) atoms. The van der Waals surface area contributed by atoms with E-state index in [1.165, 1.54) is 6.20 Å².